The van der Waals surface area contributed by atoms with Crippen LogP contribution in [-0.2, 0) is 4.74 Å². The molecule has 6 N–H and O–H groups in total. The Labute approximate surface area is 168 Å². The van der Waals surface area contributed by atoms with Crippen molar-refractivity contribution in [2.24, 2.45) is 0 Å². The third-order valence-electron chi connectivity index (χ3n) is 4.28. The molecule has 2 aromatic heterocycles. The van der Waals surface area contributed by atoms with Gasteiger partial charge in [0.05, 0.1) is 17.4 Å². The summed E-state index contributed by atoms with van der Waals surface area (Å²) in [6.45, 7) is 1.69. The predicted octanol–water partition coefficient (Wildman–Crippen LogP) is 1.01. The lowest BCUT2D eigenvalue weighted by molar-refractivity contribution is -0.384. The molecule has 0 unspecified atom stereocenters. The second-order valence-corrected chi connectivity index (χ2v) is 6.65. The third kappa shape index (κ3) is 4.17. The number of phenolic OH excluding ortho intramolecular Hbond substituents is 1. The van der Waals surface area contributed by atoms with Crippen LogP contribution in [0.5, 0.6) is 5.75 Å². The summed E-state index contributed by atoms with van der Waals surface area (Å²) in [6.07, 6.45) is -1.76. The van der Waals surface area contributed by atoms with Gasteiger partial charge in [0.1, 0.15) is 29.1 Å². The number of non-ortho nitro benzene ring substituents is 1. The summed E-state index contributed by atoms with van der Waals surface area (Å²) >= 11 is 5.07. The molecular formula is C16H18N6O6S. The highest BCUT2D eigenvalue weighted by molar-refractivity contribution is 7.71. The zero-order valence-corrected chi connectivity index (χ0v) is 15.9. The lowest BCUT2D eigenvalue weighted by Gasteiger charge is -2.16. The van der Waals surface area contributed by atoms with E-state index >= 15 is 0 Å². The lowest BCUT2D eigenvalue weighted by atomic mass is 10.1. The number of H-pyrrole nitrogens is 1. The lowest BCUT2D eigenvalue weighted by Crippen LogP contribution is -2.30. The summed E-state index contributed by atoms with van der Waals surface area (Å²) in [7, 11) is 0. The maximum absolute atomic E-state index is 10.0. The number of nitro benzene ring substituents is 1. The minimum atomic E-state index is -1.05. The van der Waals surface area contributed by atoms with E-state index in [-0.39, 0.29) is 22.0 Å². The van der Waals surface area contributed by atoms with Gasteiger partial charge in [0.2, 0.25) is 0 Å². The van der Waals surface area contributed by atoms with Crippen LogP contribution in [0.2, 0.25) is 0 Å². The number of nitrogens with zero attached hydrogens (tertiary/aromatic N) is 4. The zero-order valence-electron chi connectivity index (χ0n) is 15.0. The van der Waals surface area contributed by atoms with Crippen molar-refractivity contribution in [3.63, 3.8) is 0 Å². The standard InChI is InChI=1S/C10H13N5O3S.C6H5NO3/c1-3-5(16)6(17)9(18-3)15-2-12-4-7(15)13-10(11)14-8(4)19;8-6-3-1-5(2-4-6)7(9)10/h2-3,5-6,9,16-17H,1H3,(H3,11,13,14,19);1-4,8H/t3-,5-,6+,9+;/m1./s1. The van der Waals surface area contributed by atoms with E-state index < -0.39 is 29.5 Å². The molecule has 1 aliphatic rings. The first-order chi connectivity index (χ1) is 13.7. The van der Waals surface area contributed by atoms with Crippen LogP contribution in [0.1, 0.15) is 13.2 Å². The Balaban J connectivity index is 0.000000204. The molecule has 12 nitrogen and oxygen atoms in total. The van der Waals surface area contributed by atoms with Gasteiger partial charge in [-0.3, -0.25) is 14.7 Å². The number of fused-ring (bicyclic) bond motifs is 1. The number of benzene rings is 1. The SMILES string of the molecule is C[C@H]1O[C@H](n2cnc3c(=S)nc(N)[nH]c32)[C@@H](O)[C@@H]1O.O=[N+]([O-])c1ccc(O)cc1. The molecule has 3 heterocycles. The molecule has 1 fully saturated rings. The van der Waals surface area contributed by atoms with Crippen LogP contribution in [0.4, 0.5) is 11.6 Å². The van der Waals surface area contributed by atoms with Crippen molar-refractivity contribution in [3.8, 4) is 5.75 Å². The minimum absolute atomic E-state index is 0.0159. The maximum atomic E-state index is 10.0. The Hall–Kier alpha value is -3.13. The Bertz CT molecular complexity index is 1080. The van der Waals surface area contributed by atoms with E-state index in [0.29, 0.717) is 11.2 Å². The topological polar surface area (TPSA) is 186 Å². The number of aliphatic hydroxyl groups is 2. The number of nitrogens with one attached hydrogen (secondary N) is 1. The van der Waals surface area contributed by atoms with Crippen molar-refractivity contribution < 1.29 is 25.0 Å². The summed E-state index contributed by atoms with van der Waals surface area (Å²) in [5.41, 5.74) is 6.57. The second-order valence-electron chi connectivity index (χ2n) is 6.26. The fourth-order valence-electron chi connectivity index (χ4n) is 2.78. The molecule has 0 saturated carbocycles. The number of nitrogens with two attached hydrogens (primary N) is 1. The van der Waals surface area contributed by atoms with Gasteiger partial charge in [-0.05, 0) is 19.1 Å². The molecule has 0 spiro atoms. The van der Waals surface area contributed by atoms with E-state index in [9.17, 15) is 20.3 Å². The smallest absolute Gasteiger partial charge is 0.269 e. The van der Waals surface area contributed by atoms with Crippen LogP contribution < -0.4 is 5.73 Å². The van der Waals surface area contributed by atoms with Gasteiger partial charge < -0.3 is 30.8 Å². The van der Waals surface area contributed by atoms with Crippen molar-refractivity contribution in [2.75, 3.05) is 5.73 Å². The summed E-state index contributed by atoms with van der Waals surface area (Å²) < 4.78 is 7.35. The number of aromatic hydroxyl groups is 1. The number of imidazole rings is 1. The number of nitro groups is 1. The van der Waals surface area contributed by atoms with E-state index in [4.69, 9.17) is 27.8 Å². The second kappa shape index (κ2) is 8.08. The van der Waals surface area contributed by atoms with Crippen molar-refractivity contribution in [2.45, 2.75) is 31.5 Å². The van der Waals surface area contributed by atoms with E-state index in [1.807, 2.05) is 0 Å². The van der Waals surface area contributed by atoms with Gasteiger partial charge in [0.25, 0.3) is 5.69 Å². The average Bonchev–Trinajstić information content (AvgIpc) is 3.19. The van der Waals surface area contributed by atoms with Gasteiger partial charge in [0.15, 0.2) is 16.8 Å². The molecule has 1 saturated heterocycles. The number of anilines is 1. The summed E-state index contributed by atoms with van der Waals surface area (Å²) in [5, 5.41) is 38.5. The summed E-state index contributed by atoms with van der Waals surface area (Å²) in [6, 6.07) is 5.04. The van der Waals surface area contributed by atoms with Gasteiger partial charge in [0, 0.05) is 12.1 Å². The van der Waals surface area contributed by atoms with Crippen molar-refractivity contribution in [1.29, 1.82) is 0 Å². The minimum Gasteiger partial charge on any atom is -0.508 e. The molecule has 154 valence electrons. The monoisotopic (exact) mass is 422 g/mol. The molecule has 0 amide bonds. The molecular weight excluding hydrogens is 404 g/mol. The van der Waals surface area contributed by atoms with Gasteiger partial charge >= 0.3 is 0 Å². The summed E-state index contributed by atoms with van der Waals surface area (Å²) in [4.78, 5) is 20.4. The first-order valence-electron chi connectivity index (χ1n) is 8.36. The van der Waals surface area contributed by atoms with E-state index in [1.54, 1.807) is 11.5 Å². The van der Waals surface area contributed by atoms with Crippen LogP contribution in [0, 0.1) is 14.8 Å². The van der Waals surface area contributed by atoms with Gasteiger partial charge in [-0.2, -0.15) is 0 Å². The first-order valence-corrected chi connectivity index (χ1v) is 8.77. The Morgan fingerprint density at radius 3 is 2.52 bits per heavy atom. The molecule has 4 rings (SSSR count). The molecule has 29 heavy (non-hydrogen) atoms. The fourth-order valence-corrected chi connectivity index (χ4v) is 3.03. The largest absolute Gasteiger partial charge is 0.508 e. The molecule has 0 aliphatic carbocycles. The van der Waals surface area contributed by atoms with Crippen LogP contribution in [-0.4, -0.2) is 58.1 Å². The number of nitrogen functional groups attached to an aromatic ring is 1. The van der Waals surface area contributed by atoms with E-state index in [2.05, 4.69) is 15.0 Å². The molecule has 0 bridgehead atoms. The van der Waals surface area contributed by atoms with E-state index in [1.165, 1.54) is 30.6 Å². The van der Waals surface area contributed by atoms with Crippen LogP contribution in [0.15, 0.2) is 30.6 Å². The Kier molecular flexibility index (Phi) is 5.74. The first kappa shape index (κ1) is 20.6. The number of phenols is 1. The third-order valence-corrected chi connectivity index (χ3v) is 4.56. The highest BCUT2D eigenvalue weighted by atomic mass is 32.1. The number of hydrogen-bond donors (Lipinski definition) is 5. The summed E-state index contributed by atoms with van der Waals surface area (Å²) in [5.74, 6) is 0.186. The fraction of sp³-hybridized carbons (Fsp3) is 0.312. The van der Waals surface area contributed by atoms with Gasteiger partial charge in [-0.1, -0.05) is 12.2 Å². The number of aromatic amines is 1. The van der Waals surface area contributed by atoms with Gasteiger partial charge in [-0.25, -0.2) is 9.97 Å². The molecule has 1 aromatic carbocycles. The number of hydrogen-bond acceptors (Lipinski definition) is 10. The zero-order chi connectivity index (χ0) is 21.3. The predicted molar refractivity (Wildman–Crippen MR) is 103 cm³/mol. The molecule has 13 heteroatoms. The highest BCUT2D eigenvalue weighted by Crippen LogP contribution is 2.31. The van der Waals surface area contributed by atoms with Crippen LogP contribution in [0.3, 0.4) is 0 Å². The van der Waals surface area contributed by atoms with Crippen molar-refractivity contribution in [1.82, 2.24) is 19.5 Å². The average molecular weight is 422 g/mol. The number of ether oxygens (including phenoxy) is 1. The molecule has 1 aliphatic heterocycles. The molecule has 0 radical (unpaired) electrons. The Morgan fingerprint density at radius 2 is 1.97 bits per heavy atom. The number of rotatable bonds is 2. The quantitative estimate of drug-likeness (QED) is 0.227. The highest BCUT2D eigenvalue weighted by Gasteiger charge is 2.41. The number of aliphatic hydroxyl groups excluding tert-OH is 2. The van der Waals surface area contributed by atoms with Gasteiger partial charge in [-0.15, -0.1) is 0 Å². The molecule has 4 atom stereocenters. The molecule has 3 aromatic rings. The van der Waals surface area contributed by atoms with Crippen LogP contribution >= 0.6 is 12.2 Å². The number of aromatic nitrogens is 4. The van der Waals surface area contributed by atoms with Crippen molar-refractivity contribution >= 4 is 35.0 Å². The Morgan fingerprint density at radius 1 is 1.31 bits per heavy atom. The van der Waals surface area contributed by atoms with Crippen LogP contribution in [0.25, 0.3) is 11.2 Å². The van der Waals surface area contributed by atoms with E-state index in [0.717, 1.165) is 0 Å². The maximum Gasteiger partial charge on any atom is 0.269 e. The normalized spacial score (nSPS) is 23.6. The van der Waals surface area contributed by atoms with Crippen molar-refractivity contribution in [3.05, 3.63) is 45.3 Å².